The fourth-order valence-corrected chi connectivity index (χ4v) is 2.48. The molecule has 0 aliphatic carbocycles. The quantitative estimate of drug-likeness (QED) is 0.715. The van der Waals surface area contributed by atoms with E-state index in [-0.39, 0.29) is 16.9 Å². The van der Waals surface area contributed by atoms with Crippen molar-refractivity contribution in [2.75, 3.05) is 11.1 Å². The Hall–Kier alpha value is -2.74. The van der Waals surface area contributed by atoms with E-state index in [2.05, 4.69) is 20.5 Å². The Morgan fingerprint density at radius 1 is 1.25 bits per heavy atom. The summed E-state index contributed by atoms with van der Waals surface area (Å²) in [4.78, 5) is 15.9. The maximum atomic E-state index is 13.2. The van der Waals surface area contributed by atoms with Crippen LogP contribution in [0.2, 0.25) is 0 Å². The van der Waals surface area contributed by atoms with E-state index >= 15 is 0 Å². The fourth-order valence-electron chi connectivity index (χ4n) is 1.92. The van der Waals surface area contributed by atoms with Crippen LogP contribution >= 0.6 is 11.8 Å². The van der Waals surface area contributed by atoms with E-state index in [9.17, 15) is 9.18 Å². The van der Waals surface area contributed by atoms with E-state index in [1.807, 2.05) is 0 Å². The molecule has 0 atom stereocenters. The first-order valence-corrected chi connectivity index (χ1v) is 8.03. The summed E-state index contributed by atoms with van der Waals surface area (Å²) in [7, 11) is 0. The van der Waals surface area contributed by atoms with Crippen molar-refractivity contribution in [3.8, 4) is 11.5 Å². The molecule has 6 nitrogen and oxygen atoms in total. The molecule has 1 aromatic carbocycles. The molecule has 3 aromatic rings. The number of hydrogen-bond donors (Lipinski definition) is 1. The number of benzene rings is 1. The van der Waals surface area contributed by atoms with Gasteiger partial charge >= 0.3 is 0 Å². The first-order valence-electron chi connectivity index (χ1n) is 7.04. The molecule has 0 radical (unpaired) electrons. The van der Waals surface area contributed by atoms with E-state index in [1.54, 1.807) is 37.5 Å². The van der Waals surface area contributed by atoms with Crippen LogP contribution in [0.4, 0.5) is 10.1 Å². The number of halogens is 1. The maximum absolute atomic E-state index is 13.2. The van der Waals surface area contributed by atoms with Gasteiger partial charge in [0.2, 0.25) is 11.8 Å². The zero-order valence-corrected chi connectivity index (χ0v) is 13.5. The molecule has 122 valence electrons. The van der Waals surface area contributed by atoms with Crippen molar-refractivity contribution in [2.45, 2.75) is 12.1 Å². The molecule has 24 heavy (non-hydrogen) atoms. The lowest BCUT2D eigenvalue weighted by Crippen LogP contribution is -2.15. The standard InChI is InChI=1S/C16H13FN4O2S/c1-10-2-3-12(17)8-13(10)19-14(22)9-24-16-21-20-15(23-16)11-4-6-18-7-5-11/h2-8H,9H2,1H3,(H,19,22). The van der Waals surface area contributed by atoms with Gasteiger partial charge in [0.25, 0.3) is 5.22 Å². The van der Waals surface area contributed by atoms with Crippen molar-refractivity contribution in [1.29, 1.82) is 0 Å². The summed E-state index contributed by atoms with van der Waals surface area (Å²) < 4.78 is 18.7. The van der Waals surface area contributed by atoms with Crippen LogP contribution in [0.25, 0.3) is 11.5 Å². The molecule has 0 aliphatic rings. The topological polar surface area (TPSA) is 80.9 Å². The summed E-state index contributed by atoms with van der Waals surface area (Å²) >= 11 is 1.11. The average Bonchev–Trinajstić information content (AvgIpc) is 3.06. The number of aromatic nitrogens is 3. The Bertz CT molecular complexity index is 854. The highest BCUT2D eigenvalue weighted by molar-refractivity contribution is 7.99. The van der Waals surface area contributed by atoms with Crippen LogP contribution in [0, 0.1) is 12.7 Å². The van der Waals surface area contributed by atoms with E-state index in [0.717, 1.165) is 22.9 Å². The number of amides is 1. The van der Waals surface area contributed by atoms with Crippen molar-refractivity contribution in [3.05, 3.63) is 54.1 Å². The first-order chi connectivity index (χ1) is 11.6. The van der Waals surface area contributed by atoms with E-state index in [4.69, 9.17) is 4.42 Å². The van der Waals surface area contributed by atoms with Gasteiger partial charge in [-0.3, -0.25) is 9.78 Å². The number of anilines is 1. The molecule has 0 unspecified atom stereocenters. The molecule has 0 saturated heterocycles. The summed E-state index contributed by atoms with van der Waals surface area (Å²) in [5.74, 6) is -0.241. The lowest BCUT2D eigenvalue weighted by molar-refractivity contribution is -0.113. The SMILES string of the molecule is Cc1ccc(F)cc1NC(=O)CSc1nnc(-c2ccncc2)o1. The lowest BCUT2D eigenvalue weighted by atomic mass is 10.2. The van der Waals surface area contributed by atoms with Gasteiger partial charge in [-0.05, 0) is 36.8 Å². The van der Waals surface area contributed by atoms with Crippen LogP contribution in [-0.4, -0.2) is 26.8 Å². The van der Waals surface area contributed by atoms with Crippen molar-refractivity contribution < 1.29 is 13.6 Å². The number of nitrogens with zero attached hydrogens (tertiary/aromatic N) is 3. The second-order valence-electron chi connectivity index (χ2n) is 4.91. The Balaban J connectivity index is 1.59. The van der Waals surface area contributed by atoms with Crippen LogP contribution in [0.3, 0.4) is 0 Å². The van der Waals surface area contributed by atoms with E-state index in [1.165, 1.54) is 12.1 Å². The molecule has 0 spiro atoms. The molecule has 0 fully saturated rings. The minimum Gasteiger partial charge on any atom is -0.411 e. The van der Waals surface area contributed by atoms with Crippen LogP contribution in [-0.2, 0) is 4.79 Å². The van der Waals surface area contributed by atoms with Gasteiger partial charge in [0, 0.05) is 23.6 Å². The Morgan fingerprint density at radius 3 is 2.83 bits per heavy atom. The second kappa shape index (κ2) is 7.22. The number of nitrogens with one attached hydrogen (secondary N) is 1. The van der Waals surface area contributed by atoms with Crippen LogP contribution < -0.4 is 5.32 Å². The van der Waals surface area contributed by atoms with Gasteiger partial charge in [0.1, 0.15) is 5.82 Å². The van der Waals surface area contributed by atoms with E-state index < -0.39 is 5.82 Å². The normalized spacial score (nSPS) is 10.6. The van der Waals surface area contributed by atoms with Gasteiger partial charge in [-0.15, -0.1) is 10.2 Å². The molecule has 8 heteroatoms. The first kappa shape index (κ1) is 16.1. The molecule has 1 N–H and O–H groups in total. The van der Waals surface area contributed by atoms with Crippen molar-refractivity contribution >= 4 is 23.4 Å². The van der Waals surface area contributed by atoms with Crippen molar-refractivity contribution in [3.63, 3.8) is 0 Å². The third-order valence-corrected chi connectivity index (χ3v) is 3.95. The number of carbonyl (C=O) groups excluding carboxylic acids is 1. The van der Waals surface area contributed by atoms with Gasteiger partial charge in [0.15, 0.2) is 0 Å². The number of hydrogen-bond acceptors (Lipinski definition) is 6. The number of rotatable bonds is 5. The molecule has 3 rings (SSSR count). The average molecular weight is 344 g/mol. The number of aryl methyl sites for hydroxylation is 1. The molecule has 2 aromatic heterocycles. The molecular weight excluding hydrogens is 331 g/mol. The highest BCUT2D eigenvalue weighted by atomic mass is 32.2. The molecule has 1 amide bonds. The summed E-state index contributed by atoms with van der Waals surface area (Å²) in [6.07, 6.45) is 3.25. The predicted molar refractivity (Wildman–Crippen MR) is 88.0 cm³/mol. The third-order valence-electron chi connectivity index (χ3n) is 3.13. The monoisotopic (exact) mass is 344 g/mol. The van der Waals surface area contributed by atoms with Gasteiger partial charge in [-0.1, -0.05) is 17.8 Å². The number of carbonyl (C=O) groups is 1. The minimum absolute atomic E-state index is 0.0773. The fraction of sp³-hybridized carbons (Fsp3) is 0.125. The maximum Gasteiger partial charge on any atom is 0.277 e. The van der Waals surface area contributed by atoms with Gasteiger partial charge in [-0.2, -0.15) is 0 Å². The van der Waals surface area contributed by atoms with E-state index in [0.29, 0.717) is 11.6 Å². The zero-order chi connectivity index (χ0) is 16.9. The summed E-state index contributed by atoms with van der Waals surface area (Å²) in [5.41, 5.74) is 1.99. The molecule has 0 bridgehead atoms. The largest absolute Gasteiger partial charge is 0.411 e. The second-order valence-corrected chi connectivity index (χ2v) is 5.83. The van der Waals surface area contributed by atoms with Gasteiger partial charge in [0.05, 0.1) is 5.75 Å². The molecule has 0 saturated carbocycles. The molecular formula is C16H13FN4O2S. The Labute approximate surface area is 141 Å². The predicted octanol–water partition coefficient (Wildman–Crippen LogP) is 3.31. The van der Waals surface area contributed by atoms with Gasteiger partial charge < -0.3 is 9.73 Å². The van der Waals surface area contributed by atoms with Crippen molar-refractivity contribution in [2.24, 2.45) is 0 Å². The highest BCUT2D eigenvalue weighted by Gasteiger charge is 2.12. The molecule has 2 heterocycles. The van der Waals surface area contributed by atoms with Gasteiger partial charge in [-0.25, -0.2) is 4.39 Å². The lowest BCUT2D eigenvalue weighted by Gasteiger charge is -2.07. The number of pyridine rings is 1. The molecule has 0 aliphatic heterocycles. The van der Waals surface area contributed by atoms with Crippen LogP contribution in [0.5, 0.6) is 0 Å². The minimum atomic E-state index is -0.401. The third kappa shape index (κ3) is 3.96. The smallest absolute Gasteiger partial charge is 0.277 e. The zero-order valence-electron chi connectivity index (χ0n) is 12.7. The Kier molecular flexibility index (Phi) is 4.85. The summed E-state index contributed by atoms with van der Waals surface area (Å²) in [5, 5.41) is 10.8. The number of thioether (sulfide) groups is 1. The highest BCUT2D eigenvalue weighted by Crippen LogP contribution is 2.23. The Morgan fingerprint density at radius 2 is 2.04 bits per heavy atom. The summed E-state index contributed by atoms with van der Waals surface area (Å²) in [6, 6.07) is 7.74. The van der Waals surface area contributed by atoms with Crippen LogP contribution in [0.1, 0.15) is 5.56 Å². The van der Waals surface area contributed by atoms with Crippen LogP contribution in [0.15, 0.2) is 52.4 Å². The van der Waals surface area contributed by atoms with Crippen molar-refractivity contribution in [1.82, 2.24) is 15.2 Å². The summed E-state index contributed by atoms with van der Waals surface area (Å²) in [6.45, 7) is 1.79.